The summed E-state index contributed by atoms with van der Waals surface area (Å²) in [4.78, 5) is 40.3. The molecule has 1 atom stereocenters. The zero-order chi connectivity index (χ0) is 24.8. The SMILES string of the molecule is CCOC(=O)c1c(NC(=O)CN2CCCC2c2cc(OC)ccc2OC)sc(C(=O)NC)c1C. The van der Waals surface area contributed by atoms with Crippen molar-refractivity contribution in [3.05, 3.63) is 39.8 Å². The van der Waals surface area contributed by atoms with Crippen molar-refractivity contribution in [1.82, 2.24) is 10.2 Å². The molecule has 34 heavy (non-hydrogen) atoms. The highest BCUT2D eigenvalue weighted by molar-refractivity contribution is 7.18. The van der Waals surface area contributed by atoms with Crippen LogP contribution in [-0.2, 0) is 9.53 Å². The van der Waals surface area contributed by atoms with Gasteiger partial charge in [-0.15, -0.1) is 11.3 Å². The van der Waals surface area contributed by atoms with E-state index in [1.165, 1.54) is 7.05 Å². The fraction of sp³-hybridized carbons (Fsp3) is 0.458. The fourth-order valence-corrected chi connectivity index (χ4v) is 5.36. The van der Waals surface area contributed by atoms with Gasteiger partial charge in [-0.2, -0.15) is 0 Å². The molecule has 0 radical (unpaired) electrons. The number of carbonyl (C=O) groups is 3. The molecule has 2 heterocycles. The van der Waals surface area contributed by atoms with Crippen LogP contribution >= 0.6 is 11.3 Å². The molecule has 1 fully saturated rings. The summed E-state index contributed by atoms with van der Waals surface area (Å²) < 4.78 is 16.1. The van der Waals surface area contributed by atoms with Crippen molar-refractivity contribution >= 4 is 34.1 Å². The molecule has 1 aliphatic heterocycles. The van der Waals surface area contributed by atoms with Crippen LogP contribution in [0, 0.1) is 6.92 Å². The molecule has 184 valence electrons. The predicted molar refractivity (Wildman–Crippen MR) is 130 cm³/mol. The Kier molecular flexibility index (Phi) is 8.51. The average Bonchev–Trinajstić information content (AvgIpc) is 3.41. The average molecular weight is 490 g/mol. The topological polar surface area (TPSA) is 106 Å². The van der Waals surface area contributed by atoms with Gasteiger partial charge in [0.2, 0.25) is 5.91 Å². The third-order valence-electron chi connectivity index (χ3n) is 5.82. The molecule has 1 unspecified atom stereocenters. The minimum atomic E-state index is -0.568. The number of anilines is 1. The molecule has 2 N–H and O–H groups in total. The first-order valence-corrected chi connectivity index (χ1v) is 11.9. The largest absolute Gasteiger partial charge is 0.497 e. The van der Waals surface area contributed by atoms with Crippen molar-refractivity contribution in [2.75, 3.05) is 46.3 Å². The molecule has 3 rings (SSSR count). The van der Waals surface area contributed by atoms with Crippen molar-refractivity contribution in [1.29, 1.82) is 0 Å². The van der Waals surface area contributed by atoms with Crippen LogP contribution in [0.25, 0.3) is 0 Å². The summed E-state index contributed by atoms with van der Waals surface area (Å²) in [6.07, 6.45) is 1.81. The summed E-state index contributed by atoms with van der Waals surface area (Å²) in [5.74, 6) is 0.304. The van der Waals surface area contributed by atoms with Crippen LogP contribution in [0.15, 0.2) is 18.2 Å². The molecule has 1 saturated heterocycles. The van der Waals surface area contributed by atoms with Gasteiger partial charge in [0.05, 0.1) is 37.8 Å². The summed E-state index contributed by atoms with van der Waals surface area (Å²) in [6, 6.07) is 5.64. The van der Waals surface area contributed by atoms with E-state index in [4.69, 9.17) is 14.2 Å². The van der Waals surface area contributed by atoms with Crippen molar-refractivity contribution in [3.8, 4) is 11.5 Å². The predicted octanol–water partition coefficient (Wildman–Crippen LogP) is 3.39. The third-order valence-corrected chi connectivity index (χ3v) is 7.02. The Balaban J connectivity index is 1.83. The van der Waals surface area contributed by atoms with Crippen LogP contribution in [0.3, 0.4) is 0 Å². The Labute approximate surface area is 203 Å². The van der Waals surface area contributed by atoms with Gasteiger partial charge < -0.3 is 24.8 Å². The van der Waals surface area contributed by atoms with E-state index in [1.54, 1.807) is 28.1 Å². The number of thiophene rings is 1. The highest BCUT2D eigenvalue weighted by Gasteiger charge is 2.31. The molecular weight excluding hydrogens is 458 g/mol. The van der Waals surface area contributed by atoms with Crippen molar-refractivity contribution in [3.63, 3.8) is 0 Å². The zero-order valence-corrected chi connectivity index (χ0v) is 21.0. The van der Waals surface area contributed by atoms with Gasteiger partial charge in [-0.25, -0.2) is 4.79 Å². The van der Waals surface area contributed by atoms with E-state index in [0.717, 1.165) is 47.8 Å². The first-order valence-electron chi connectivity index (χ1n) is 11.1. The number of carbonyl (C=O) groups excluding carboxylic acids is 3. The lowest BCUT2D eigenvalue weighted by molar-refractivity contribution is -0.117. The first kappa shape index (κ1) is 25.5. The number of benzene rings is 1. The van der Waals surface area contributed by atoms with Gasteiger partial charge in [-0.05, 0) is 57.0 Å². The lowest BCUT2D eigenvalue weighted by Crippen LogP contribution is -2.33. The van der Waals surface area contributed by atoms with E-state index in [9.17, 15) is 14.4 Å². The van der Waals surface area contributed by atoms with E-state index in [-0.39, 0.29) is 36.6 Å². The molecule has 1 aromatic heterocycles. The molecule has 0 saturated carbocycles. The minimum Gasteiger partial charge on any atom is -0.497 e. The highest BCUT2D eigenvalue weighted by atomic mass is 32.1. The quantitative estimate of drug-likeness (QED) is 0.520. The number of rotatable bonds is 9. The van der Waals surface area contributed by atoms with E-state index in [1.807, 2.05) is 18.2 Å². The van der Waals surface area contributed by atoms with Gasteiger partial charge in [0.1, 0.15) is 16.5 Å². The van der Waals surface area contributed by atoms with E-state index in [2.05, 4.69) is 15.5 Å². The minimum absolute atomic E-state index is 0.00757. The van der Waals surface area contributed by atoms with E-state index < -0.39 is 5.97 Å². The maximum Gasteiger partial charge on any atom is 0.341 e. The van der Waals surface area contributed by atoms with Crippen molar-refractivity contribution in [2.45, 2.75) is 32.7 Å². The number of amides is 2. The fourth-order valence-electron chi connectivity index (χ4n) is 4.20. The number of likely N-dealkylation sites (tertiary alicyclic amines) is 1. The van der Waals surface area contributed by atoms with Crippen LogP contribution < -0.4 is 20.1 Å². The lowest BCUT2D eigenvalue weighted by Gasteiger charge is -2.26. The number of methoxy groups -OCH3 is 2. The maximum atomic E-state index is 13.1. The van der Waals surface area contributed by atoms with Crippen LogP contribution in [0.2, 0.25) is 0 Å². The van der Waals surface area contributed by atoms with Crippen molar-refractivity contribution < 1.29 is 28.6 Å². The number of nitrogens with zero attached hydrogens (tertiary/aromatic N) is 1. The summed E-state index contributed by atoms with van der Waals surface area (Å²) in [6.45, 7) is 4.44. The van der Waals surface area contributed by atoms with Gasteiger partial charge in [0.25, 0.3) is 5.91 Å². The molecule has 0 spiro atoms. The second-order valence-corrected chi connectivity index (χ2v) is 8.87. The molecule has 9 nitrogen and oxygen atoms in total. The maximum absolute atomic E-state index is 13.1. The van der Waals surface area contributed by atoms with E-state index >= 15 is 0 Å². The molecule has 0 bridgehead atoms. The van der Waals surface area contributed by atoms with Crippen molar-refractivity contribution in [2.24, 2.45) is 0 Å². The normalized spacial score (nSPS) is 15.6. The molecular formula is C24H31N3O6S. The van der Waals surface area contributed by atoms with Gasteiger partial charge in [0.15, 0.2) is 0 Å². The molecule has 1 aromatic carbocycles. The van der Waals surface area contributed by atoms with Gasteiger partial charge in [0, 0.05) is 18.7 Å². The summed E-state index contributed by atoms with van der Waals surface area (Å²) in [5.41, 5.74) is 1.66. The standard InChI is InChI=1S/C24H31N3O6S/c1-6-33-24(30)20-14(2)21(22(29)25-3)34-23(20)26-19(28)13-27-11-7-8-17(27)16-12-15(31-4)9-10-18(16)32-5/h9-10,12,17H,6-8,11,13H2,1-5H3,(H,25,29)(H,26,28). The summed E-state index contributed by atoms with van der Waals surface area (Å²) in [5, 5.41) is 5.72. The van der Waals surface area contributed by atoms with E-state index in [0.29, 0.717) is 15.4 Å². The molecule has 2 amide bonds. The third kappa shape index (κ3) is 5.34. The van der Waals surface area contributed by atoms with Crippen LogP contribution in [0.4, 0.5) is 5.00 Å². The number of nitrogens with one attached hydrogen (secondary N) is 2. The van der Waals surface area contributed by atoms with Crippen LogP contribution in [0.1, 0.15) is 57.0 Å². The van der Waals surface area contributed by atoms with Gasteiger partial charge in [-0.1, -0.05) is 0 Å². The smallest absolute Gasteiger partial charge is 0.341 e. The Morgan fingerprint density at radius 3 is 2.62 bits per heavy atom. The van der Waals surface area contributed by atoms with Gasteiger partial charge >= 0.3 is 5.97 Å². The molecule has 2 aromatic rings. The second kappa shape index (κ2) is 11.3. The zero-order valence-electron chi connectivity index (χ0n) is 20.1. The molecule has 1 aliphatic rings. The second-order valence-electron chi connectivity index (χ2n) is 7.84. The molecule has 10 heteroatoms. The number of ether oxygens (including phenoxy) is 3. The highest BCUT2D eigenvalue weighted by Crippen LogP contribution is 2.39. The number of hydrogen-bond acceptors (Lipinski definition) is 8. The monoisotopic (exact) mass is 489 g/mol. The van der Waals surface area contributed by atoms with Gasteiger partial charge in [-0.3, -0.25) is 14.5 Å². The summed E-state index contributed by atoms with van der Waals surface area (Å²) >= 11 is 1.07. The van der Waals surface area contributed by atoms with Crippen LogP contribution in [0.5, 0.6) is 11.5 Å². The Bertz CT molecular complexity index is 1070. The molecule has 0 aliphatic carbocycles. The number of esters is 1. The van der Waals surface area contributed by atoms with Crippen LogP contribution in [-0.4, -0.2) is 63.6 Å². The lowest BCUT2D eigenvalue weighted by atomic mass is 10.0. The summed E-state index contributed by atoms with van der Waals surface area (Å²) in [7, 11) is 4.75. The Morgan fingerprint density at radius 2 is 1.97 bits per heavy atom. The number of hydrogen-bond donors (Lipinski definition) is 2. The Morgan fingerprint density at radius 1 is 1.21 bits per heavy atom. The first-order chi connectivity index (χ1) is 16.3. The Hall–Kier alpha value is -3.11.